The number of para-hydroxylation sites is 2. The number of amides is 1. The Morgan fingerprint density at radius 2 is 1.76 bits per heavy atom. The molecule has 0 heterocycles. The third-order valence-corrected chi connectivity index (χ3v) is 3.96. The van der Waals surface area contributed by atoms with E-state index in [1.807, 2.05) is 43.3 Å². The SMILES string of the molecule is CCCC(CN)(CCC)C(=O)Nc1ccccc1N(C)C. The molecule has 4 nitrogen and oxygen atoms in total. The minimum Gasteiger partial charge on any atom is -0.376 e. The van der Waals surface area contributed by atoms with Gasteiger partial charge in [-0.15, -0.1) is 0 Å². The molecule has 0 unspecified atom stereocenters. The fourth-order valence-electron chi connectivity index (χ4n) is 2.83. The maximum Gasteiger partial charge on any atom is 0.231 e. The molecule has 0 aromatic heterocycles. The van der Waals surface area contributed by atoms with E-state index in [0.717, 1.165) is 37.1 Å². The molecule has 21 heavy (non-hydrogen) atoms. The van der Waals surface area contributed by atoms with Gasteiger partial charge in [-0.25, -0.2) is 0 Å². The number of hydrogen-bond acceptors (Lipinski definition) is 3. The standard InChI is InChI=1S/C17H29N3O/c1-5-11-17(13-18,12-6-2)16(21)19-14-9-7-8-10-15(14)20(3)4/h7-10H,5-6,11-13,18H2,1-4H3,(H,19,21). The maximum atomic E-state index is 12.8. The second-order valence-corrected chi connectivity index (χ2v) is 5.85. The molecule has 0 saturated carbocycles. The molecule has 0 radical (unpaired) electrons. The highest BCUT2D eigenvalue weighted by atomic mass is 16.2. The summed E-state index contributed by atoms with van der Waals surface area (Å²) in [5, 5.41) is 3.09. The Kier molecular flexibility index (Phi) is 6.69. The quantitative estimate of drug-likeness (QED) is 0.773. The first-order chi connectivity index (χ1) is 10.0. The number of carbonyl (C=O) groups excluding carboxylic acids is 1. The van der Waals surface area contributed by atoms with E-state index in [9.17, 15) is 4.79 Å². The van der Waals surface area contributed by atoms with Crippen molar-refractivity contribution in [3.8, 4) is 0 Å². The first-order valence-electron chi connectivity index (χ1n) is 7.78. The molecule has 0 aliphatic heterocycles. The topological polar surface area (TPSA) is 58.4 Å². The van der Waals surface area contributed by atoms with Crippen molar-refractivity contribution in [2.24, 2.45) is 11.1 Å². The molecule has 118 valence electrons. The van der Waals surface area contributed by atoms with Crippen LogP contribution in [0.2, 0.25) is 0 Å². The summed E-state index contributed by atoms with van der Waals surface area (Å²) in [6.45, 7) is 4.59. The van der Waals surface area contributed by atoms with E-state index < -0.39 is 5.41 Å². The van der Waals surface area contributed by atoms with E-state index in [1.54, 1.807) is 0 Å². The molecule has 3 N–H and O–H groups in total. The van der Waals surface area contributed by atoms with Crippen molar-refractivity contribution < 1.29 is 4.79 Å². The van der Waals surface area contributed by atoms with Crippen LogP contribution in [0, 0.1) is 5.41 Å². The van der Waals surface area contributed by atoms with Crippen LogP contribution >= 0.6 is 0 Å². The molecule has 1 aromatic carbocycles. The van der Waals surface area contributed by atoms with Crippen molar-refractivity contribution in [1.29, 1.82) is 0 Å². The average molecular weight is 291 g/mol. The largest absolute Gasteiger partial charge is 0.376 e. The normalized spacial score (nSPS) is 11.3. The lowest BCUT2D eigenvalue weighted by atomic mass is 9.78. The van der Waals surface area contributed by atoms with Crippen molar-refractivity contribution in [1.82, 2.24) is 0 Å². The zero-order valence-corrected chi connectivity index (χ0v) is 13.8. The van der Waals surface area contributed by atoms with E-state index in [1.165, 1.54) is 0 Å². The van der Waals surface area contributed by atoms with Gasteiger partial charge in [0.15, 0.2) is 0 Å². The zero-order chi connectivity index (χ0) is 15.9. The molecular formula is C17H29N3O. The molecule has 0 spiro atoms. The van der Waals surface area contributed by atoms with Gasteiger partial charge in [-0.05, 0) is 25.0 Å². The van der Waals surface area contributed by atoms with Crippen molar-refractivity contribution in [2.75, 3.05) is 30.9 Å². The lowest BCUT2D eigenvalue weighted by Gasteiger charge is -2.31. The van der Waals surface area contributed by atoms with Gasteiger partial charge < -0.3 is 16.0 Å². The number of hydrogen-bond donors (Lipinski definition) is 2. The molecular weight excluding hydrogens is 262 g/mol. The third-order valence-electron chi connectivity index (χ3n) is 3.96. The number of nitrogens with two attached hydrogens (primary N) is 1. The van der Waals surface area contributed by atoms with Gasteiger partial charge in [0, 0.05) is 20.6 Å². The van der Waals surface area contributed by atoms with Gasteiger partial charge in [0.05, 0.1) is 16.8 Å². The molecule has 0 bridgehead atoms. The summed E-state index contributed by atoms with van der Waals surface area (Å²) < 4.78 is 0. The van der Waals surface area contributed by atoms with Crippen molar-refractivity contribution >= 4 is 17.3 Å². The number of anilines is 2. The summed E-state index contributed by atoms with van der Waals surface area (Å²) in [4.78, 5) is 14.8. The Bertz CT molecular complexity index is 451. The fourth-order valence-corrected chi connectivity index (χ4v) is 2.83. The number of nitrogens with one attached hydrogen (secondary N) is 1. The van der Waals surface area contributed by atoms with Crippen LogP contribution in [-0.2, 0) is 4.79 Å². The van der Waals surface area contributed by atoms with Gasteiger partial charge >= 0.3 is 0 Å². The second kappa shape index (κ2) is 8.03. The van der Waals surface area contributed by atoms with Crippen LogP contribution in [0.15, 0.2) is 24.3 Å². The van der Waals surface area contributed by atoms with Gasteiger partial charge in [0.1, 0.15) is 0 Å². The Labute approximate surface area is 128 Å². The smallest absolute Gasteiger partial charge is 0.231 e. The van der Waals surface area contributed by atoms with Crippen LogP contribution in [0.3, 0.4) is 0 Å². The third kappa shape index (κ3) is 4.21. The summed E-state index contributed by atoms with van der Waals surface area (Å²) in [6.07, 6.45) is 3.57. The van der Waals surface area contributed by atoms with Crippen molar-refractivity contribution in [3.63, 3.8) is 0 Å². The minimum absolute atomic E-state index is 0.0444. The van der Waals surface area contributed by atoms with E-state index in [-0.39, 0.29) is 5.91 Å². The maximum absolute atomic E-state index is 12.8. The highest BCUT2D eigenvalue weighted by Gasteiger charge is 2.35. The molecule has 0 saturated heterocycles. The van der Waals surface area contributed by atoms with Crippen LogP contribution in [0.1, 0.15) is 39.5 Å². The minimum atomic E-state index is -0.455. The van der Waals surface area contributed by atoms with Gasteiger partial charge in [0.25, 0.3) is 0 Å². The number of rotatable bonds is 8. The van der Waals surface area contributed by atoms with E-state index in [0.29, 0.717) is 6.54 Å². The van der Waals surface area contributed by atoms with Gasteiger partial charge in [-0.1, -0.05) is 38.8 Å². The van der Waals surface area contributed by atoms with Crippen LogP contribution < -0.4 is 16.0 Å². The number of nitrogens with zero attached hydrogens (tertiary/aromatic N) is 1. The Hall–Kier alpha value is -1.55. The van der Waals surface area contributed by atoms with E-state index in [4.69, 9.17) is 5.73 Å². The number of carbonyl (C=O) groups is 1. The highest BCUT2D eigenvalue weighted by Crippen LogP contribution is 2.32. The Morgan fingerprint density at radius 3 is 2.24 bits per heavy atom. The monoisotopic (exact) mass is 291 g/mol. The van der Waals surface area contributed by atoms with Gasteiger partial charge in [-0.3, -0.25) is 4.79 Å². The van der Waals surface area contributed by atoms with E-state index >= 15 is 0 Å². The lowest BCUT2D eigenvalue weighted by molar-refractivity contribution is -0.126. The van der Waals surface area contributed by atoms with E-state index in [2.05, 4.69) is 19.2 Å². The van der Waals surface area contributed by atoms with Gasteiger partial charge in [0.2, 0.25) is 5.91 Å². The molecule has 0 atom stereocenters. The zero-order valence-electron chi connectivity index (χ0n) is 13.8. The predicted molar refractivity (Wildman–Crippen MR) is 90.7 cm³/mol. The van der Waals surface area contributed by atoms with Crippen molar-refractivity contribution in [2.45, 2.75) is 39.5 Å². The molecule has 0 aliphatic carbocycles. The van der Waals surface area contributed by atoms with Crippen LogP contribution in [0.4, 0.5) is 11.4 Å². The Balaban J connectivity index is 3.01. The average Bonchev–Trinajstić information content (AvgIpc) is 2.47. The summed E-state index contributed by atoms with van der Waals surface area (Å²) in [5.74, 6) is 0.0444. The molecule has 0 aliphatic rings. The lowest BCUT2D eigenvalue weighted by Crippen LogP contribution is -2.42. The van der Waals surface area contributed by atoms with Crippen LogP contribution in [0.5, 0.6) is 0 Å². The Morgan fingerprint density at radius 1 is 1.19 bits per heavy atom. The molecule has 1 rings (SSSR count). The summed E-state index contributed by atoms with van der Waals surface area (Å²) in [5.41, 5.74) is 7.35. The summed E-state index contributed by atoms with van der Waals surface area (Å²) in [7, 11) is 3.94. The van der Waals surface area contributed by atoms with Gasteiger partial charge in [-0.2, -0.15) is 0 Å². The summed E-state index contributed by atoms with van der Waals surface area (Å²) in [6, 6.07) is 7.84. The van der Waals surface area contributed by atoms with Crippen LogP contribution in [0.25, 0.3) is 0 Å². The van der Waals surface area contributed by atoms with Crippen molar-refractivity contribution in [3.05, 3.63) is 24.3 Å². The molecule has 1 aromatic rings. The second-order valence-electron chi connectivity index (χ2n) is 5.85. The first-order valence-corrected chi connectivity index (χ1v) is 7.78. The first kappa shape index (κ1) is 17.5. The highest BCUT2D eigenvalue weighted by molar-refractivity contribution is 5.98. The predicted octanol–water partition coefficient (Wildman–Crippen LogP) is 3.24. The molecule has 1 amide bonds. The molecule has 0 fully saturated rings. The van der Waals surface area contributed by atoms with Crippen LogP contribution in [-0.4, -0.2) is 26.5 Å². The fraction of sp³-hybridized carbons (Fsp3) is 0.588. The number of benzene rings is 1. The summed E-state index contributed by atoms with van der Waals surface area (Å²) >= 11 is 0. The molecule has 4 heteroatoms.